The van der Waals surface area contributed by atoms with Crippen molar-refractivity contribution >= 4 is 21.5 Å². The molecule has 1 saturated heterocycles. The molecule has 1 aromatic heterocycles. The molecular formula is C19H25N3O2S. The predicted octanol–water partition coefficient (Wildman–Crippen LogP) is 3.30. The molecule has 1 aromatic carbocycles. The van der Waals surface area contributed by atoms with E-state index in [-0.39, 0.29) is 5.75 Å². The fraction of sp³-hybridized carbons (Fsp3) is 0.421. The van der Waals surface area contributed by atoms with Crippen LogP contribution in [-0.4, -0.2) is 32.2 Å². The molecule has 0 radical (unpaired) electrons. The minimum absolute atomic E-state index is 0.0592. The zero-order valence-corrected chi connectivity index (χ0v) is 15.4. The lowest BCUT2D eigenvalue weighted by molar-refractivity contribution is 0.402. The second-order valence-corrected chi connectivity index (χ2v) is 8.54. The van der Waals surface area contributed by atoms with Gasteiger partial charge in [-0.15, -0.1) is 0 Å². The summed E-state index contributed by atoms with van der Waals surface area (Å²) in [6, 6.07) is 14.3. The summed E-state index contributed by atoms with van der Waals surface area (Å²) in [5.41, 5.74) is 1.93. The summed E-state index contributed by atoms with van der Waals surface area (Å²) in [6.45, 7) is 3.60. The predicted molar refractivity (Wildman–Crippen MR) is 102 cm³/mol. The number of anilines is 2. The zero-order valence-electron chi connectivity index (χ0n) is 14.6. The Kier molecular flexibility index (Phi) is 5.58. The van der Waals surface area contributed by atoms with Crippen molar-refractivity contribution in [3.63, 3.8) is 0 Å². The first-order valence-corrected chi connectivity index (χ1v) is 10.5. The number of pyridine rings is 1. The molecule has 0 bridgehead atoms. The lowest BCUT2D eigenvalue weighted by Crippen LogP contribution is -2.34. The maximum atomic E-state index is 11.6. The number of piperidine rings is 1. The maximum Gasteiger partial charge on any atom is 0.232 e. The van der Waals surface area contributed by atoms with Gasteiger partial charge in [-0.3, -0.25) is 4.72 Å². The Labute approximate surface area is 150 Å². The molecule has 0 aliphatic carbocycles. The van der Waals surface area contributed by atoms with Gasteiger partial charge >= 0.3 is 0 Å². The van der Waals surface area contributed by atoms with Crippen molar-refractivity contribution in [3.8, 4) is 0 Å². The smallest absolute Gasteiger partial charge is 0.232 e. The van der Waals surface area contributed by atoms with Gasteiger partial charge in [-0.05, 0) is 49.8 Å². The molecule has 0 saturated carbocycles. The topological polar surface area (TPSA) is 62.3 Å². The molecule has 0 spiro atoms. The van der Waals surface area contributed by atoms with Crippen LogP contribution in [0.15, 0.2) is 48.7 Å². The van der Waals surface area contributed by atoms with E-state index in [9.17, 15) is 8.42 Å². The molecule has 1 N–H and O–H groups in total. The molecule has 134 valence electrons. The number of hydrogen-bond acceptors (Lipinski definition) is 4. The molecule has 0 unspecified atom stereocenters. The second-order valence-electron chi connectivity index (χ2n) is 6.53. The van der Waals surface area contributed by atoms with E-state index in [1.54, 1.807) is 19.2 Å². The monoisotopic (exact) mass is 359 g/mol. The van der Waals surface area contributed by atoms with Crippen LogP contribution in [0, 0.1) is 5.92 Å². The largest absolute Gasteiger partial charge is 0.357 e. The first-order valence-electron chi connectivity index (χ1n) is 8.81. The summed E-state index contributed by atoms with van der Waals surface area (Å²) < 4.78 is 25.7. The van der Waals surface area contributed by atoms with Crippen molar-refractivity contribution in [2.75, 3.05) is 28.5 Å². The normalized spacial score (nSPS) is 16.0. The minimum Gasteiger partial charge on any atom is -0.357 e. The Morgan fingerprint density at radius 1 is 1.12 bits per heavy atom. The molecule has 2 heterocycles. The third-order valence-electron chi connectivity index (χ3n) is 4.71. The average molecular weight is 359 g/mol. The maximum absolute atomic E-state index is 11.6. The molecule has 6 heteroatoms. The van der Waals surface area contributed by atoms with Crippen molar-refractivity contribution in [1.29, 1.82) is 0 Å². The van der Waals surface area contributed by atoms with Crippen molar-refractivity contribution in [2.45, 2.75) is 26.2 Å². The van der Waals surface area contributed by atoms with Gasteiger partial charge in [0.05, 0.1) is 17.6 Å². The average Bonchev–Trinajstić information content (AvgIpc) is 2.64. The van der Waals surface area contributed by atoms with Crippen LogP contribution in [0.25, 0.3) is 0 Å². The van der Waals surface area contributed by atoms with E-state index in [2.05, 4.69) is 44.9 Å². The summed E-state index contributed by atoms with van der Waals surface area (Å²) in [5.74, 6) is 1.69. The van der Waals surface area contributed by atoms with E-state index in [4.69, 9.17) is 0 Å². The number of rotatable bonds is 6. The third-order valence-corrected chi connectivity index (χ3v) is 6.01. The summed E-state index contributed by atoms with van der Waals surface area (Å²) in [7, 11) is -3.25. The van der Waals surface area contributed by atoms with Gasteiger partial charge in [0.15, 0.2) is 0 Å². The Morgan fingerprint density at radius 2 is 1.84 bits per heavy atom. The summed E-state index contributed by atoms with van der Waals surface area (Å²) in [4.78, 5) is 6.71. The molecule has 0 atom stereocenters. The van der Waals surface area contributed by atoms with Crippen molar-refractivity contribution in [1.82, 2.24) is 4.98 Å². The van der Waals surface area contributed by atoms with Gasteiger partial charge in [-0.2, -0.15) is 0 Å². The van der Waals surface area contributed by atoms with Crippen molar-refractivity contribution < 1.29 is 8.42 Å². The van der Waals surface area contributed by atoms with Gasteiger partial charge in [-0.1, -0.05) is 30.3 Å². The van der Waals surface area contributed by atoms with Crippen LogP contribution in [0.3, 0.4) is 0 Å². The summed E-state index contributed by atoms with van der Waals surface area (Å²) in [5, 5.41) is 0. The van der Waals surface area contributed by atoms with Gasteiger partial charge in [-0.25, -0.2) is 13.4 Å². The standard InChI is InChI=1S/C19H25N3O2S/c1-2-25(23,24)21-18-8-9-19(20-15-18)22-12-10-17(11-13-22)14-16-6-4-3-5-7-16/h3-9,15,17,21H,2,10-14H2,1H3. The molecule has 1 aliphatic rings. The summed E-state index contributed by atoms with van der Waals surface area (Å²) >= 11 is 0. The SMILES string of the molecule is CCS(=O)(=O)Nc1ccc(N2CCC(Cc3ccccc3)CC2)nc1. The number of hydrogen-bond donors (Lipinski definition) is 1. The number of nitrogens with zero attached hydrogens (tertiary/aromatic N) is 2. The Morgan fingerprint density at radius 3 is 2.44 bits per heavy atom. The van der Waals surface area contributed by atoms with E-state index < -0.39 is 10.0 Å². The van der Waals surface area contributed by atoms with Crippen LogP contribution in [0.1, 0.15) is 25.3 Å². The van der Waals surface area contributed by atoms with Crippen LogP contribution in [0.5, 0.6) is 0 Å². The number of nitrogens with one attached hydrogen (secondary N) is 1. The van der Waals surface area contributed by atoms with Crippen molar-refractivity contribution in [3.05, 3.63) is 54.2 Å². The molecule has 3 rings (SSSR count). The minimum atomic E-state index is -3.25. The molecule has 1 aliphatic heterocycles. The van der Waals surface area contributed by atoms with Crippen LogP contribution >= 0.6 is 0 Å². The number of benzene rings is 1. The molecule has 0 amide bonds. The van der Waals surface area contributed by atoms with Crippen LogP contribution in [0.4, 0.5) is 11.5 Å². The zero-order chi connectivity index (χ0) is 17.7. The van der Waals surface area contributed by atoms with E-state index in [1.165, 1.54) is 5.56 Å². The lowest BCUT2D eigenvalue weighted by Gasteiger charge is -2.33. The van der Waals surface area contributed by atoms with Gasteiger partial charge in [0.2, 0.25) is 10.0 Å². The van der Waals surface area contributed by atoms with E-state index in [1.807, 2.05) is 6.07 Å². The lowest BCUT2D eigenvalue weighted by atomic mass is 9.90. The highest BCUT2D eigenvalue weighted by molar-refractivity contribution is 7.92. The number of sulfonamides is 1. The van der Waals surface area contributed by atoms with Gasteiger partial charge < -0.3 is 4.90 Å². The van der Waals surface area contributed by atoms with Gasteiger partial charge in [0.25, 0.3) is 0 Å². The second kappa shape index (κ2) is 7.87. The van der Waals surface area contributed by atoms with E-state index in [0.717, 1.165) is 38.2 Å². The van der Waals surface area contributed by atoms with Crippen LogP contribution < -0.4 is 9.62 Å². The first kappa shape index (κ1) is 17.7. The van der Waals surface area contributed by atoms with Crippen molar-refractivity contribution in [2.24, 2.45) is 5.92 Å². The molecule has 25 heavy (non-hydrogen) atoms. The molecule has 1 fully saturated rings. The Balaban J connectivity index is 1.54. The Bertz CT molecular complexity index is 768. The van der Waals surface area contributed by atoms with E-state index >= 15 is 0 Å². The quantitative estimate of drug-likeness (QED) is 0.860. The Hall–Kier alpha value is -2.08. The highest BCUT2D eigenvalue weighted by Gasteiger charge is 2.20. The highest BCUT2D eigenvalue weighted by Crippen LogP contribution is 2.25. The molecule has 5 nitrogen and oxygen atoms in total. The highest BCUT2D eigenvalue weighted by atomic mass is 32.2. The number of aromatic nitrogens is 1. The summed E-state index contributed by atoms with van der Waals surface area (Å²) in [6.07, 6.45) is 5.04. The molecule has 2 aromatic rings. The molecular weight excluding hydrogens is 334 g/mol. The fourth-order valence-electron chi connectivity index (χ4n) is 3.20. The van der Waals surface area contributed by atoms with Crippen LogP contribution in [0.2, 0.25) is 0 Å². The third kappa shape index (κ3) is 4.95. The first-order chi connectivity index (χ1) is 12.1. The fourth-order valence-corrected chi connectivity index (χ4v) is 3.82. The van der Waals surface area contributed by atoms with E-state index in [0.29, 0.717) is 11.6 Å². The van der Waals surface area contributed by atoms with Crippen LogP contribution in [-0.2, 0) is 16.4 Å². The van der Waals surface area contributed by atoms with Gasteiger partial charge in [0, 0.05) is 13.1 Å². The van der Waals surface area contributed by atoms with Gasteiger partial charge in [0.1, 0.15) is 5.82 Å².